The van der Waals surface area contributed by atoms with Gasteiger partial charge in [0.2, 0.25) is 0 Å². The van der Waals surface area contributed by atoms with E-state index in [4.69, 9.17) is 15.6 Å². The van der Waals surface area contributed by atoms with Crippen molar-refractivity contribution in [2.75, 3.05) is 13.1 Å². The third kappa shape index (κ3) is 16.6. The standard InChI is InChI=1S/C28H64N2OSi2/c1-5-32(6-2,27-23-19-15-11-9-13-17-21-25-29)31-33(7-3,8-4)28-24-20-16-12-10-14-18-22-26-30/h5-30H2,1-4H3. The lowest BCUT2D eigenvalue weighted by atomic mass is 10.1. The van der Waals surface area contributed by atoms with Gasteiger partial charge in [-0.15, -0.1) is 0 Å². The molecule has 0 amide bonds. The predicted molar refractivity (Wildman–Crippen MR) is 156 cm³/mol. The van der Waals surface area contributed by atoms with E-state index in [-0.39, 0.29) is 0 Å². The van der Waals surface area contributed by atoms with Gasteiger partial charge < -0.3 is 15.6 Å². The average molecular weight is 501 g/mol. The first kappa shape index (κ1) is 33.3. The van der Waals surface area contributed by atoms with Gasteiger partial charge in [-0.2, -0.15) is 0 Å². The molecule has 0 aliphatic carbocycles. The molecule has 3 nitrogen and oxygen atoms in total. The van der Waals surface area contributed by atoms with Crippen molar-refractivity contribution in [1.29, 1.82) is 0 Å². The first-order valence-corrected chi connectivity index (χ1v) is 20.2. The minimum absolute atomic E-state index is 0.858. The van der Waals surface area contributed by atoms with E-state index in [0.29, 0.717) is 0 Å². The Hall–Kier alpha value is 0.314. The second-order valence-electron chi connectivity index (χ2n) is 10.6. The van der Waals surface area contributed by atoms with Crippen molar-refractivity contribution in [2.24, 2.45) is 11.5 Å². The molecule has 0 fully saturated rings. The Morgan fingerprint density at radius 1 is 0.394 bits per heavy atom. The Labute approximate surface area is 211 Å². The predicted octanol–water partition coefficient (Wildman–Crippen LogP) is 9.13. The van der Waals surface area contributed by atoms with E-state index in [1.807, 2.05) is 0 Å². The summed E-state index contributed by atoms with van der Waals surface area (Å²) >= 11 is 0. The molecule has 33 heavy (non-hydrogen) atoms. The molecule has 0 aliphatic rings. The maximum atomic E-state index is 7.42. The van der Waals surface area contributed by atoms with Crippen LogP contribution in [0.25, 0.3) is 0 Å². The van der Waals surface area contributed by atoms with Gasteiger partial charge in [0.1, 0.15) is 0 Å². The molecule has 0 saturated heterocycles. The minimum atomic E-state index is -1.56. The number of hydrogen-bond donors (Lipinski definition) is 2. The van der Waals surface area contributed by atoms with Gasteiger partial charge >= 0.3 is 0 Å². The summed E-state index contributed by atoms with van der Waals surface area (Å²) in [5, 5.41) is 0. The first-order valence-electron chi connectivity index (χ1n) is 15.2. The highest BCUT2D eigenvalue weighted by molar-refractivity contribution is 6.87. The quantitative estimate of drug-likeness (QED) is 0.0919. The van der Waals surface area contributed by atoms with E-state index < -0.39 is 16.6 Å². The Morgan fingerprint density at radius 3 is 0.879 bits per heavy atom. The highest BCUT2D eigenvalue weighted by Gasteiger charge is 2.40. The van der Waals surface area contributed by atoms with Crippen molar-refractivity contribution in [1.82, 2.24) is 0 Å². The fourth-order valence-corrected chi connectivity index (χ4v) is 16.4. The number of rotatable bonds is 26. The van der Waals surface area contributed by atoms with Crippen molar-refractivity contribution >= 4 is 16.6 Å². The van der Waals surface area contributed by atoms with Crippen molar-refractivity contribution in [3.05, 3.63) is 0 Å². The van der Waals surface area contributed by atoms with Crippen LogP contribution in [-0.2, 0) is 4.12 Å². The Morgan fingerprint density at radius 2 is 0.636 bits per heavy atom. The van der Waals surface area contributed by atoms with Gasteiger partial charge in [-0.3, -0.25) is 0 Å². The number of unbranched alkanes of at least 4 members (excludes halogenated alkanes) is 14. The van der Waals surface area contributed by atoms with Crippen LogP contribution < -0.4 is 11.5 Å². The second kappa shape index (κ2) is 22.8. The molecular formula is C28H64N2OSi2. The molecule has 0 atom stereocenters. The zero-order chi connectivity index (χ0) is 24.7. The van der Waals surface area contributed by atoms with Crippen LogP contribution in [0.2, 0.25) is 36.3 Å². The monoisotopic (exact) mass is 500 g/mol. The van der Waals surface area contributed by atoms with Gasteiger partial charge in [-0.1, -0.05) is 118 Å². The highest BCUT2D eigenvalue weighted by Crippen LogP contribution is 2.35. The lowest BCUT2D eigenvalue weighted by molar-refractivity contribution is 0.489. The Balaban J connectivity index is 4.36. The average Bonchev–Trinajstić information content (AvgIpc) is 2.85. The van der Waals surface area contributed by atoms with Gasteiger partial charge in [-0.05, 0) is 62.2 Å². The zero-order valence-electron chi connectivity index (χ0n) is 23.5. The van der Waals surface area contributed by atoms with Crippen LogP contribution in [0.4, 0.5) is 0 Å². The van der Waals surface area contributed by atoms with Crippen LogP contribution in [0, 0.1) is 0 Å². The second-order valence-corrected chi connectivity index (χ2v) is 20.0. The van der Waals surface area contributed by atoms with E-state index in [1.165, 1.54) is 139 Å². The summed E-state index contributed by atoms with van der Waals surface area (Å²) in [6.45, 7) is 11.4. The maximum absolute atomic E-state index is 7.42. The topological polar surface area (TPSA) is 61.3 Å². The Bertz CT molecular complexity index is 365. The molecule has 0 heterocycles. The summed E-state index contributed by atoms with van der Waals surface area (Å²) in [6.07, 6.45) is 21.9. The summed E-state index contributed by atoms with van der Waals surface area (Å²) < 4.78 is 7.42. The lowest BCUT2D eigenvalue weighted by Gasteiger charge is -2.41. The highest BCUT2D eigenvalue weighted by atomic mass is 28.4. The Kier molecular flexibility index (Phi) is 23.0. The molecule has 4 N–H and O–H groups in total. The largest absolute Gasteiger partial charge is 0.455 e. The van der Waals surface area contributed by atoms with E-state index in [2.05, 4.69) is 27.7 Å². The molecule has 0 aromatic rings. The SMILES string of the molecule is CC[Si](CC)(CCCCCCCCCCN)O[Si](CC)(CC)CCCCCCCCCCN. The third-order valence-electron chi connectivity index (χ3n) is 8.18. The first-order chi connectivity index (χ1) is 16.1. The minimum Gasteiger partial charge on any atom is -0.455 e. The van der Waals surface area contributed by atoms with Gasteiger partial charge in [-0.25, -0.2) is 0 Å². The normalized spacial score (nSPS) is 12.5. The summed E-state index contributed by atoms with van der Waals surface area (Å²) in [7, 11) is -3.13. The van der Waals surface area contributed by atoms with Gasteiger partial charge in [0.05, 0.1) is 0 Å². The molecule has 0 unspecified atom stereocenters. The summed E-state index contributed by atoms with van der Waals surface area (Å²) in [5.74, 6) is 0. The molecule has 0 radical (unpaired) electrons. The molecule has 0 aromatic heterocycles. The van der Waals surface area contributed by atoms with E-state index in [0.717, 1.165) is 13.1 Å². The van der Waals surface area contributed by atoms with Crippen molar-refractivity contribution in [2.45, 2.75) is 167 Å². The van der Waals surface area contributed by atoms with Crippen LogP contribution in [0.1, 0.15) is 130 Å². The molecular weight excluding hydrogens is 436 g/mol. The number of nitrogens with two attached hydrogens (primary N) is 2. The molecule has 0 aromatic carbocycles. The summed E-state index contributed by atoms with van der Waals surface area (Å²) in [5.41, 5.74) is 11.2. The van der Waals surface area contributed by atoms with Crippen LogP contribution in [0.3, 0.4) is 0 Å². The zero-order valence-corrected chi connectivity index (χ0v) is 25.5. The van der Waals surface area contributed by atoms with E-state index in [1.54, 1.807) is 0 Å². The molecule has 0 saturated carbocycles. The van der Waals surface area contributed by atoms with E-state index >= 15 is 0 Å². The van der Waals surface area contributed by atoms with Crippen LogP contribution in [-0.4, -0.2) is 29.7 Å². The summed E-state index contributed by atoms with van der Waals surface area (Å²) in [6, 6.07) is 8.09. The van der Waals surface area contributed by atoms with Crippen LogP contribution in [0.5, 0.6) is 0 Å². The third-order valence-corrected chi connectivity index (χ3v) is 19.3. The smallest absolute Gasteiger partial charge is 0.179 e. The molecule has 0 rings (SSSR count). The van der Waals surface area contributed by atoms with Gasteiger partial charge in [0, 0.05) is 0 Å². The molecule has 200 valence electrons. The van der Waals surface area contributed by atoms with Crippen molar-refractivity contribution < 1.29 is 4.12 Å². The molecule has 5 heteroatoms. The molecule has 0 aliphatic heterocycles. The van der Waals surface area contributed by atoms with Gasteiger partial charge in [0.15, 0.2) is 16.6 Å². The van der Waals surface area contributed by atoms with Crippen LogP contribution in [0.15, 0.2) is 0 Å². The van der Waals surface area contributed by atoms with E-state index in [9.17, 15) is 0 Å². The number of hydrogen-bond acceptors (Lipinski definition) is 3. The fourth-order valence-electron chi connectivity index (χ4n) is 5.36. The van der Waals surface area contributed by atoms with Crippen molar-refractivity contribution in [3.8, 4) is 0 Å². The molecule has 0 bridgehead atoms. The maximum Gasteiger partial charge on any atom is 0.179 e. The molecule has 0 spiro atoms. The van der Waals surface area contributed by atoms with Crippen LogP contribution >= 0.6 is 0 Å². The van der Waals surface area contributed by atoms with Crippen molar-refractivity contribution in [3.63, 3.8) is 0 Å². The summed E-state index contributed by atoms with van der Waals surface area (Å²) in [4.78, 5) is 0. The fraction of sp³-hybridized carbons (Fsp3) is 1.00. The van der Waals surface area contributed by atoms with Gasteiger partial charge in [0.25, 0.3) is 0 Å². The lowest BCUT2D eigenvalue weighted by Crippen LogP contribution is -2.50.